The van der Waals surface area contributed by atoms with E-state index in [1.54, 1.807) is 42.5 Å². The summed E-state index contributed by atoms with van der Waals surface area (Å²) in [6.07, 6.45) is 0.363. The van der Waals surface area contributed by atoms with Crippen LogP contribution in [0.2, 0.25) is 0 Å². The fraction of sp³-hybridized carbons (Fsp3) is 0.355. The summed E-state index contributed by atoms with van der Waals surface area (Å²) >= 11 is 0. The molecule has 0 saturated carbocycles. The highest BCUT2D eigenvalue weighted by Crippen LogP contribution is 2.32. The maximum Gasteiger partial charge on any atom is 0.264 e. The zero-order valence-corrected chi connectivity index (χ0v) is 24.6. The molecule has 0 aliphatic carbocycles. The van der Waals surface area contributed by atoms with Gasteiger partial charge in [-0.3, -0.25) is 13.9 Å². The second kappa shape index (κ2) is 14.0. The number of ether oxygens (including phenoxy) is 1. The third-order valence-corrected chi connectivity index (χ3v) is 8.41. The van der Waals surface area contributed by atoms with Gasteiger partial charge in [0, 0.05) is 13.1 Å². The molecule has 0 radical (unpaired) electrons. The van der Waals surface area contributed by atoms with E-state index in [9.17, 15) is 18.0 Å². The van der Waals surface area contributed by atoms with Crippen molar-refractivity contribution in [3.05, 3.63) is 90.0 Å². The van der Waals surface area contributed by atoms with E-state index in [0.717, 1.165) is 15.4 Å². The van der Waals surface area contributed by atoms with Gasteiger partial charge >= 0.3 is 0 Å². The van der Waals surface area contributed by atoms with Gasteiger partial charge in [0.25, 0.3) is 10.0 Å². The van der Waals surface area contributed by atoms with Gasteiger partial charge in [-0.15, -0.1) is 0 Å². The zero-order chi connectivity index (χ0) is 29.3. The van der Waals surface area contributed by atoms with Crippen molar-refractivity contribution in [1.29, 1.82) is 0 Å². The summed E-state index contributed by atoms with van der Waals surface area (Å²) in [6, 6.07) is 21.5. The molecule has 0 bridgehead atoms. The maximum absolute atomic E-state index is 14.2. The number of sulfonamides is 1. The minimum absolute atomic E-state index is 0.0425. The molecule has 0 aromatic heterocycles. The van der Waals surface area contributed by atoms with E-state index in [2.05, 4.69) is 5.32 Å². The van der Waals surface area contributed by atoms with Gasteiger partial charge < -0.3 is 15.0 Å². The number of rotatable bonds is 13. The normalized spacial score (nSPS) is 12.1. The number of carbonyl (C=O) groups is 2. The SMILES string of the molecule is CCC(C(=O)NCC(C)C)N(Cc1ccccc1C)C(=O)CN(c1ccccc1OC)S(=O)(=O)c1ccccc1. The van der Waals surface area contributed by atoms with E-state index >= 15 is 0 Å². The fourth-order valence-electron chi connectivity index (χ4n) is 4.38. The van der Waals surface area contributed by atoms with Crippen molar-refractivity contribution in [1.82, 2.24) is 10.2 Å². The maximum atomic E-state index is 14.2. The van der Waals surface area contributed by atoms with Crippen LogP contribution in [0.3, 0.4) is 0 Å². The molecule has 214 valence electrons. The average Bonchev–Trinajstić information content (AvgIpc) is 2.95. The molecule has 9 heteroatoms. The molecule has 40 heavy (non-hydrogen) atoms. The van der Waals surface area contributed by atoms with Crippen molar-refractivity contribution in [2.45, 2.75) is 51.6 Å². The highest BCUT2D eigenvalue weighted by atomic mass is 32.2. The van der Waals surface area contributed by atoms with Gasteiger partial charge in [-0.2, -0.15) is 0 Å². The minimum Gasteiger partial charge on any atom is -0.495 e. The summed E-state index contributed by atoms with van der Waals surface area (Å²) in [5.41, 5.74) is 2.08. The van der Waals surface area contributed by atoms with Crippen molar-refractivity contribution < 1.29 is 22.7 Å². The number of methoxy groups -OCH3 is 1. The summed E-state index contributed by atoms with van der Waals surface area (Å²) in [4.78, 5) is 29.0. The van der Waals surface area contributed by atoms with Crippen molar-refractivity contribution in [3.63, 3.8) is 0 Å². The second-order valence-corrected chi connectivity index (χ2v) is 11.9. The number of amides is 2. The van der Waals surface area contributed by atoms with Crippen LogP contribution >= 0.6 is 0 Å². The van der Waals surface area contributed by atoms with Gasteiger partial charge in [0.15, 0.2) is 0 Å². The van der Waals surface area contributed by atoms with Gasteiger partial charge in [0.1, 0.15) is 18.3 Å². The first-order valence-corrected chi connectivity index (χ1v) is 14.9. The molecule has 0 heterocycles. The first-order valence-electron chi connectivity index (χ1n) is 13.4. The van der Waals surface area contributed by atoms with Gasteiger partial charge in [0.2, 0.25) is 11.8 Å². The molecule has 0 spiro atoms. The first kappa shape index (κ1) is 30.7. The number of anilines is 1. The van der Waals surface area contributed by atoms with E-state index in [-0.39, 0.29) is 29.0 Å². The first-order chi connectivity index (χ1) is 19.1. The Morgan fingerprint density at radius 1 is 0.925 bits per heavy atom. The Labute approximate surface area is 238 Å². The molecular weight excluding hydrogens is 526 g/mol. The van der Waals surface area contributed by atoms with Gasteiger partial charge in [-0.05, 0) is 54.7 Å². The second-order valence-electron chi connectivity index (χ2n) is 10.0. The third-order valence-electron chi connectivity index (χ3n) is 6.64. The lowest BCUT2D eigenvalue weighted by atomic mass is 10.1. The molecule has 0 saturated heterocycles. The van der Waals surface area contributed by atoms with E-state index < -0.39 is 28.5 Å². The van der Waals surface area contributed by atoms with Crippen molar-refractivity contribution in [2.24, 2.45) is 5.92 Å². The Hall–Kier alpha value is -3.85. The lowest BCUT2D eigenvalue weighted by molar-refractivity contribution is -0.140. The molecular formula is C31H39N3O5S. The quantitative estimate of drug-likeness (QED) is 0.322. The largest absolute Gasteiger partial charge is 0.495 e. The predicted molar refractivity (Wildman–Crippen MR) is 158 cm³/mol. The number of hydrogen-bond acceptors (Lipinski definition) is 5. The Morgan fingerprint density at radius 3 is 2.17 bits per heavy atom. The zero-order valence-electron chi connectivity index (χ0n) is 23.8. The number of benzene rings is 3. The van der Waals surface area contributed by atoms with Gasteiger partial charge in [-0.1, -0.05) is 75.4 Å². The van der Waals surface area contributed by atoms with Crippen LogP contribution in [0.5, 0.6) is 5.75 Å². The van der Waals surface area contributed by atoms with Gasteiger partial charge in [-0.25, -0.2) is 8.42 Å². The number of nitrogens with one attached hydrogen (secondary N) is 1. The Morgan fingerprint density at radius 2 is 1.55 bits per heavy atom. The third kappa shape index (κ3) is 7.41. The van der Waals surface area contributed by atoms with Crippen LogP contribution in [0, 0.1) is 12.8 Å². The smallest absolute Gasteiger partial charge is 0.264 e. The Bertz CT molecular complexity index is 1390. The minimum atomic E-state index is -4.17. The van der Waals surface area contributed by atoms with Crippen molar-refractivity contribution >= 4 is 27.5 Å². The van der Waals surface area contributed by atoms with Crippen LogP contribution in [-0.2, 0) is 26.2 Å². The molecule has 3 aromatic carbocycles. The van der Waals surface area contributed by atoms with Crippen molar-refractivity contribution in [3.8, 4) is 5.75 Å². The van der Waals surface area contributed by atoms with Crippen LogP contribution < -0.4 is 14.4 Å². The van der Waals surface area contributed by atoms with Crippen molar-refractivity contribution in [2.75, 3.05) is 24.5 Å². The van der Waals surface area contributed by atoms with Crippen LogP contribution in [0.1, 0.15) is 38.3 Å². The molecule has 1 atom stereocenters. The number of carbonyl (C=O) groups excluding carboxylic acids is 2. The number of nitrogens with zero attached hydrogens (tertiary/aromatic N) is 2. The Balaban J connectivity index is 2.08. The summed E-state index contributed by atoms with van der Waals surface area (Å²) in [6.45, 7) is 7.89. The van der Waals surface area contributed by atoms with E-state index in [1.807, 2.05) is 52.0 Å². The molecule has 3 aromatic rings. The highest BCUT2D eigenvalue weighted by Gasteiger charge is 2.34. The number of aryl methyl sites for hydroxylation is 1. The fourth-order valence-corrected chi connectivity index (χ4v) is 5.83. The standard InChI is InChI=1S/C31H39N3O5S/c1-6-27(31(36)32-20-23(2)3)33(21-25-15-11-10-14-24(25)4)30(35)22-34(28-18-12-13-19-29(28)39-5)40(37,38)26-16-8-7-9-17-26/h7-19,23,27H,6,20-22H2,1-5H3,(H,32,36). The van der Waals surface area contributed by atoms with Crippen LogP contribution in [-0.4, -0.2) is 51.4 Å². The average molecular weight is 566 g/mol. The van der Waals surface area contributed by atoms with E-state index in [0.29, 0.717) is 18.7 Å². The molecule has 0 aliphatic rings. The van der Waals surface area contributed by atoms with Crippen LogP contribution in [0.15, 0.2) is 83.8 Å². The molecule has 1 N–H and O–H groups in total. The monoisotopic (exact) mass is 565 g/mol. The molecule has 0 aliphatic heterocycles. The summed E-state index contributed by atoms with van der Waals surface area (Å²) in [5.74, 6) is -0.228. The molecule has 2 amide bonds. The van der Waals surface area contributed by atoms with Crippen LogP contribution in [0.25, 0.3) is 0 Å². The lowest BCUT2D eigenvalue weighted by Crippen LogP contribution is -2.52. The number of para-hydroxylation sites is 2. The number of hydrogen-bond donors (Lipinski definition) is 1. The Kier molecular flexibility index (Phi) is 10.7. The predicted octanol–water partition coefficient (Wildman–Crippen LogP) is 4.78. The summed E-state index contributed by atoms with van der Waals surface area (Å²) in [7, 11) is -2.72. The lowest BCUT2D eigenvalue weighted by Gasteiger charge is -2.34. The van der Waals surface area contributed by atoms with E-state index in [1.165, 1.54) is 24.1 Å². The topological polar surface area (TPSA) is 96.0 Å². The van der Waals surface area contributed by atoms with Gasteiger partial charge in [0.05, 0.1) is 17.7 Å². The molecule has 3 rings (SSSR count). The van der Waals surface area contributed by atoms with E-state index in [4.69, 9.17) is 4.74 Å². The highest BCUT2D eigenvalue weighted by molar-refractivity contribution is 7.92. The molecule has 8 nitrogen and oxygen atoms in total. The molecule has 1 unspecified atom stereocenters. The summed E-state index contributed by atoms with van der Waals surface area (Å²) in [5, 5.41) is 2.94. The summed E-state index contributed by atoms with van der Waals surface area (Å²) < 4.78 is 34.4. The molecule has 0 fully saturated rings. The van der Waals surface area contributed by atoms with Crippen LogP contribution in [0.4, 0.5) is 5.69 Å².